The number of carbonyl (C=O) groups is 1. The van der Waals surface area contributed by atoms with Crippen molar-refractivity contribution < 1.29 is 9.21 Å². The Kier molecular flexibility index (Phi) is 3.36. The van der Waals surface area contributed by atoms with Gasteiger partial charge in [0.1, 0.15) is 22.5 Å². The Bertz CT molecular complexity index is 1280. The standard InChI is InChI=1S/C21H16N4O2/c1-24-21(25-10-4-5-11-25)17(13-22-24)20(26)23-14-8-9-16-15-6-2-3-7-18(15)27-19(16)12-14/h2-13H,1H3,(H,23,26). The van der Waals surface area contributed by atoms with Gasteiger partial charge in [-0.25, -0.2) is 0 Å². The summed E-state index contributed by atoms with van der Waals surface area (Å²) in [4.78, 5) is 12.8. The summed E-state index contributed by atoms with van der Waals surface area (Å²) in [5.74, 6) is 0.490. The molecule has 2 aromatic carbocycles. The van der Waals surface area contributed by atoms with Crippen molar-refractivity contribution in [1.82, 2.24) is 14.3 Å². The fourth-order valence-electron chi connectivity index (χ4n) is 3.38. The summed E-state index contributed by atoms with van der Waals surface area (Å²) >= 11 is 0. The van der Waals surface area contributed by atoms with E-state index in [1.807, 2.05) is 78.6 Å². The highest BCUT2D eigenvalue weighted by Gasteiger charge is 2.18. The van der Waals surface area contributed by atoms with Crippen LogP contribution in [0.3, 0.4) is 0 Å². The lowest BCUT2D eigenvalue weighted by molar-refractivity contribution is 0.102. The van der Waals surface area contributed by atoms with Crippen LogP contribution >= 0.6 is 0 Å². The first kappa shape index (κ1) is 15.5. The molecule has 5 aromatic rings. The minimum Gasteiger partial charge on any atom is -0.456 e. The zero-order valence-corrected chi connectivity index (χ0v) is 14.6. The number of carbonyl (C=O) groups excluding carboxylic acids is 1. The Morgan fingerprint density at radius 3 is 2.63 bits per heavy atom. The SMILES string of the molecule is Cn1ncc(C(=O)Nc2ccc3c(c2)oc2ccccc23)c1-n1cccc1. The number of nitrogens with zero attached hydrogens (tertiary/aromatic N) is 3. The predicted octanol–water partition coefficient (Wildman–Crippen LogP) is 4.36. The Labute approximate surface area is 154 Å². The van der Waals surface area contributed by atoms with Gasteiger partial charge < -0.3 is 14.3 Å². The number of furan rings is 1. The molecule has 0 spiro atoms. The van der Waals surface area contributed by atoms with Crippen LogP contribution in [0.2, 0.25) is 0 Å². The highest BCUT2D eigenvalue weighted by molar-refractivity contribution is 6.09. The van der Waals surface area contributed by atoms with Gasteiger partial charge in [0.25, 0.3) is 5.91 Å². The molecule has 0 bridgehead atoms. The van der Waals surface area contributed by atoms with Gasteiger partial charge >= 0.3 is 0 Å². The van der Waals surface area contributed by atoms with Crippen LogP contribution in [0.1, 0.15) is 10.4 Å². The molecular formula is C21H16N4O2. The maximum Gasteiger partial charge on any atom is 0.261 e. The number of rotatable bonds is 3. The predicted molar refractivity (Wildman–Crippen MR) is 104 cm³/mol. The van der Waals surface area contributed by atoms with Gasteiger partial charge in [0.2, 0.25) is 0 Å². The van der Waals surface area contributed by atoms with Crippen LogP contribution in [0, 0.1) is 0 Å². The first-order valence-corrected chi connectivity index (χ1v) is 8.59. The summed E-state index contributed by atoms with van der Waals surface area (Å²) in [5, 5.41) is 9.26. The molecule has 0 saturated heterocycles. The highest BCUT2D eigenvalue weighted by atomic mass is 16.3. The van der Waals surface area contributed by atoms with Crippen molar-refractivity contribution in [2.75, 3.05) is 5.32 Å². The van der Waals surface area contributed by atoms with Gasteiger partial charge in [-0.2, -0.15) is 5.10 Å². The van der Waals surface area contributed by atoms with Crippen molar-refractivity contribution in [3.8, 4) is 5.82 Å². The highest BCUT2D eigenvalue weighted by Crippen LogP contribution is 2.30. The van der Waals surface area contributed by atoms with E-state index in [2.05, 4.69) is 10.4 Å². The second-order valence-electron chi connectivity index (χ2n) is 6.36. The van der Waals surface area contributed by atoms with Crippen molar-refractivity contribution in [2.24, 2.45) is 7.05 Å². The average Bonchev–Trinajstić information content (AvgIpc) is 3.38. The lowest BCUT2D eigenvalue weighted by atomic mass is 10.1. The zero-order valence-electron chi connectivity index (χ0n) is 14.6. The van der Waals surface area contributed by atoms with E-state index in [1.54, 1.807) is 10.9 Å². The van der Waals surface area contributed by atoms with Crippen LogP contribution in [0.4, 0.5) is 5.69 Å². The normalized spacial score (nSPS) is 11.3. The molecule has 3 heterocycles. The molecule has 0 radical (unpaired) electrons. The van der Waals surface area contributed by atoms with E-state index in [4.69, 9.17) is 4.42 Å². The molecule has 0 saturated carbocycles. The van der Waals surface area contributed by atoms with Gasteiger partial charge in [0.05, 0.1) is 6.20 Å². The van der Waals surface area contributed by atoms with E-state index < -0.39 is 0 Å². The molecule has 3 aromatic heterocycles. The van der Waals surface area contributed by atoms with Gasteiger partial charge in [-0.15, -0.1) is 0 Å². The van der Waals surface area contributed by atoms with Crippen molar-refractivity contribution in [3.63, 3.8) is 0 Å². The number of benzene rings is 2. The Morgan fingerprint density at radius 1 is 1.00 bits per heavy atom. The van der Waals surface area contributed by atoms with Crippen molar-refractivity contribution >= 4 is 33.5 Å². The van der Waals surface area contributed by atoms with Gasteiger partial charge in [-0.05, 0) is 30.3 Å². The number of fused-ring (bicyclic) bond motifs is 3. The molecule has 0 aliphatic carbocycles. The molecule has 6 heteroatoms. The average molecular weight is 356 g/mol. The fraction of sp³-hybridized carbons (Fsp3) is 0.0476. The summed E-state index contributed by atoms with van der Waals surface area (Å²) in [7, 11) is 1.81. The van der Waals surface area contributed by atoms with Gasteiger partial charge in [0, 0.05) is 42.0 Å². The number of amides is 1. The number of aromatic nitrogens is 3. The first-order valence-electron chi connectivity index (χ1n) is 8.59. The summed E-state index contributed by atoms with van der Waals surface area (Å²) in [6.07, 6.45) is 5.34. The number of para-hydroxylation sites is 1. The van der Waals surface area contributed by atoms with Gasteiger partial charge in [-0.1, -0.05) is 18.2 Å². The Morgan fingerprint density at radius 2 is 1.78 bits per heavy atom. The van der Waals surface area contributed by atoms with Crippen LogP contribution < -0.4 is 5.32 Å². The van der Waals surface area contributed by atoms with E-state index in [-0.39, 0.29) is 5.91 Å². The van der Waals surface area contributed by atoms with E-state index in [1.165, 1.54) is 0 Å². The molecule has 1 N–H and O–H groups in total. The van der Waals surface area contributed by atoms with Gasteiger partial charge in [0.15, 0.2) is 0 Å². The number of nitrogens with one attached hydrogen (secondary N) is 1. The zero-order chi connectivity index (χ0) is 18.4. The summed E-state index contributed by atoms with van der Waals surface area (Å²) in [6, 6.07) is 17.4. The van der Waals surface area contributed by atoms with Crippen LogP contribution in [0.15, 0.2) is 77.6 Å². The molecule has 0 unspecified atom stereocenters. The van der Waals surface area contributed by atoms with Crippen LogP contribution in [0.25, 0.3) is 27.8 Å². The van der Waals surface area contributed by atoms with Gasteiger partial charge in [-0.3, -0.25) is 9.48 Å². The third kappa shape index (κ3) is 2.50. The molecule has 27 heavy (non-hydrogen) atoms. The van der Waals surface area contributed by atoms with Crippen molar-refractivity contribution in [2.45, 2.75) is 0 Å². The summed E-state index contributed by atoms with van der Waals surface area (Å²) < 4.78 is 9.44. The fourth-order valence-corrected chi connectivity index (χ4v) is 3.38. The summed E-state index contributed by atoms with van der Waals surface area (Å²) in [5.41, 5.74) is 2.75. The molecular weight excluding hydrogens is 340 g/mol. The second-order valence-corrected chi connectivity index (χ2v) is 6.36. The number of aryl methyl sites for hydroxylation is 1. The van der Waals surface area contributed by atoms with Crippen LogP contribution in [-0.4, -0.2) is 20.3 Å². The quantitative estimate of drug-likeness (QED) is 0.522. The molecule has 0 aliphatic rings. The molecule has 0 fully saturated rings. The van der Waals surface area contributed by atoms with Crippen molar-refractivity contribution in [3.05, 3.63) is 78.8 Å². The largest absolute Gasteiger partial charge is 0.456 e. The van der Waals surface area contributed by atoms with E-state index in [9.17, 15) is 4.79 Å². The molecule has 6 nitrogen and oxygen atoms in total. The van der Waals surface area contributed by atoms with E-state index in [0.29, 0.717) is 17.1 Å². The minimum absolute atomic E-state index is 0.220. The lowest BCUT2D eigenvalue weighted by Gasteiger charge is -2.08. The molecule has 1 amide bonds. The maximum absolute atomic E-state index is 12.8. The number of hydrogen-bond acceptors (Lipinski definition) is 3. The molecule has 0 aliphatic heterocycles. The molecule has 5 rings (SSSR count). The van der Waals surface area contributed by atoms with Crippen LogP contribution in [-0.2, 0) is 7.05 Å². The Hall–Kier alpha value is -3.80. The number of anilines is 1. The maximum atomic E-state index is 12.8. The number of hydrogen-bond donors (Lipinski definition) is 1. The topological polar surface area (TPSA) is 65.0 Å². The summed E-state index contributed by atoms with van der Waals surface area (Å²) in [6.45, 7) is 0. The Balaban J connectivity index is 1.50. The third-order valence-corrected chi connectivity index (χ3v) is 4.64. The smallest absolute Gasteiger partial charge is 0.261 e. The lowest BCUT2D eigenvalue weighted by Crippen LogP contribution is -2.14. The third-order valence-electron chi connectivity index (χ3n) is 4.64. The monoisotopic (exact) mass is 356 g/mol. The first-order chi connectivity index (χ1) is 13.2. The molecule has 0 atom stereocenters. The second kappa shape index (κ2) is 5.88. The minimum atomic E-state index is -0.220. The van der Waals surface area contributed by atoms with E-state index in [0.717, 1.165) is 21.9 Å². The van der Waals surface area contributed by atoms with E-state index >= 15 is 0 Å². The molecule has 132 valence electrons. The van der Waals surface area contributed by atoms with Crippen LogP contribution in [0.5, 0.6) is 0 Å². The van der Waals surface area contributed by atoms with Crippen molar-refractivity contribution in [1.29, 1.82) is 0 Å².